The monoisotopic (exact) mass is 431 g/mol. The van der Waals surface area contributed by atoms with Crippen molar-refractivity contribution in [3.63, 3.8) is 0 Å². The zero-order valence-corrected chi connectivity index (χ0v) is 17.8. The molecular weight excluding hydrogens is 410 g/mol. The number of halogens is 1. The van der Waals surface area contributed by atoms with Crippen LogP contribution >= 0.6 is 27.3 Å². The van der Waals surface area contributed by atoms with Crippen molar-refractivity contribution in [3.05, 3.63) is 57.6 Å². The maximum atomic E-state index is 13.3. The van der Waals surface area contributed by atoms with E-state index in [9.17, 15) is 4.79 Å². The minimum Gasteiger partial charge on any atom is -0.308 e. The van der Waals surface area contributed by atoms with Crippen LogP contribution in [0, 0.1) is 13.8 Å². The van der Waals surface area contributed by atoms with Gasteiger partial charge in [-0.25, -0.2) is 4.98 Å². The molecule has 136 valence electrons. The molecule has 3 rings (SSSR count). The van der Waals surface area contributed by atoms with Gasteiger partial charge in [0.15, 0.2) is 5.13 Å². The van der Waals surface area contributed by atoms with E-state index < -0.39 is 0 Å². The quantitative estimate of drug-likeness (QED) is 0.577. The highest BCUT2D eigenvalue weighted by atomic mass is 79.9. The molecule has 1 aromatic heterocycles. The highest BCUT2D eigenvalue weighted by Crippen LogP contribution is 2.32. The van der Waals surface area contributed by atoms with Crippen molar-refractivity contribution >= 4 is 48.5 Å². The Labute approximate surface area is 166 Å². The number of amides is 1. The minimum atomic E-state index is 0.00229. The summed E-state index contributed by atoms with van der Waals surface area (Å²) in [4.78, 5) is 21.9. The molecule has 2 aromatic carbocycles. The van der Waals surface area contributed by atoms with Crippen molar-refractivity contribution in [1.82, 2.24) is 9.88 Å². The van der Waals surface area contributed by atoms with Crippen LogP contribution in [0.4, 0.5) is 5.13 Å². The number of hydrogen-bond donors (Lipinski definition) is 0. The molecule has 0 atom stereocenters. The Bertz CT molecular complexity index is 951. The fourth-order valence-electron chi connectivity index (χ4n) is 2.78. The zero-order chi connectivity index (χ0) is 18.8. The third-order valence-electron chi connectivity index (χ3n) is 4.20. The molecule has 0 N–H and O–H groups in total. The lowest BCUT2D eigenvalue weighted by Crippen LogP contribution is -2.37. The Kier molecular flexibility index (Phi) is 5.75. The van der Waals surface area contributed by atoms with Crippen LogP contribution in [-0.4, -0.2) is 43.0 Å². The first-order valence-electron chi connectivity index (χ1n) is 8.45. The summed E-state index contributed by atoms with van der Waals surface area (Å²) in [6, 6.07) is 11.9. The summed E-state index contributed by atoms with van der Waals surface area (Å²) >= 11 is 5.05. The molecule has 0 aliphatic carbocycles. The van der Waals surface area contributed by atoms with Crippen LogP contribution < -0.4 is 4.90 Å². The van der Waals surface area contributed by atoms with Crippen molar-refractivity contribution in [2.45, 2.75) is 13.8 Å². The first-order valence-corrected chi connectivity index (χ1v) is 10.1. The van der Waals surface area contributed by atoms with E-state index in [4.69, 9.17) is 4.98 Å². The molecule has 6 heteroatoms. The highest BCUT2D eigenvalue weighted by Gasteiger charge is 2.22. The second-order valence-electron chi connectivity index (χ2n) is 6.69. The SMILES string of the molecule is Cc1ccc(C(=O)N(CCN(C)C)c2nc3ccc(Br)cc3s2)c(C)c1. The third kappa shape index (κ3) is 4.14. The number of aryl methyl sites for hydroxylation is 2. The van der Waals surface area contributed by atoms with E-state index >= 15 is 0 Å². The standard InChI is InChI=1S/C20H22BrN3OS/c1-13-5-7-16(14(2)11-13)19(25)24(10-9-23(3)4)20-22-17-8-6-15(21)12-18(17)26-20/h5-8,11-12H,9-10H2,1-4H3. The summed E-state index contributed by atoms with van der Waals surface area (Å²) in [6.07, 6.45) is 0. The van der Waals surface area contributed by atoms with E-state index in [2.05, 4.69) is 20.8 Å². The van der Waals surface area contributed by atoms with E-state index in [1.54, 1.807) is 16.2 Å². The van der Waals surface area contributed by atoms with Gasteiger partial charge in [-0.3, -0.25) is 9.69 Å². The van der Waals surface area contributed by atoms with Crippen molar-refractivity contribution in [3.8, 4) is 0 Å². The van der Waals surface area contributed by atoms with Gasteiger partial charge in [-0.1, -0.05) is 45.0 Å². The first kappa shape index (κ1) is 19.0. The molecule has 4 nitrogen and oxygen atoms in total. The fraction of sp³-hybridized carbons (Fsp3) is 0.300. The van der Waals surface area contributed by atoms with Crippen LogP contribution in [-0.2, 0) is 0 Å². The second kappa shape index (κ2) is 7.86. The molecule has 1 heterocycles. The molecule has 0 spiro atoms. The predicted octanol–water partition coefficient (Wildman–Crippen LogP) is 4.88. The first-order chi connectivity index (χ1) is 12.3. The number of rotatable bonds is 5. The number of anilines is 1. The van der Waals surface area contributed by atoms with Crippen molar-refractivity contribution < 1.29 is 4.79 Å². The Morgan fingerprint density at radius 1 is 1.12 bits per heavy atom. The molecule has 0 fully saturated rings. The van der Waals surface area contributed by atoms with Gasteiger partial charge in [0.25, 0.3) is 5.91 Å². The number of thiazole rings is 1. The predicted molar refractivity (Wildman–Crippen MR) is 113 cm³/mol. The summed E-state index contributed by atoms with van der Waals surface area (Å²) in [7, 11) is 4.02. The number of carbonyl (C=O) groups excluding carboxylic acids is 1. The fourth-order valence-corrected chi connectivity index (χ4v) is 4.33. The molecule has 3 aromatic rings. The number of aromatic nitrogens is 1. The van der Waals surface area contributed by atoms with E-state index in [1.165, 1.54) is 0 Å². The maximum Gasteiger partial charge on any atom is 0.260 e. The van der Waals surface area contributed by atoms with Gasteiger partial charge < -0.3 is 4.90 Å². The lowest BCUT2D eigenvalue weighted by Gasteiger charge is -2.22. The summed E-state index contributed by atoms with van der Waals surface area (Å²) in [5.41, 5.74) is 3.80. The normalized spacial score (nSPS) is 11.3. The van der Waals surface area contributed by atoms with E-state index in [0.717, 1.165) is 43.1 Å². The average molecular weight is 432 g/mol. The van der Waals surface area contributed by atoms with Gasteiger partial charge in [0, 0.05) is 23.1 Å². The smallest absolute Gasteiger partial charge is 0.260 e. The van der Waals surface area contributed by atoms with Crippen LogP contribution in [0.2, 0.25) is 0 Å². The Morgan fingerprint density at radius 3 is 2.58 bits per heavy atom. The number of carbonyl (C=O) groups is 1. The number of benzene rings is 2. The largest absolute Gasteiger partial charge is 0.308 e. The van der Waals surface area contributed by atoms with Gasteiger partial charge in [0.2, 0.25) is 0 Å². The third-order valence-corrected chi connectivity index (χ3v) is 5.73. The summed E-state index contributed by atoms with van der Waals surface area (Å²) in [5.74, 6) is 0.00229. The molecule has 0 aliphatic rings. The molecule has 0 aliphatic heterocycles. The molecule has 0 bridgehead atoms. The summed E-state index contributed by atoms with van der Waals surface area (Å²) in [5, 5.41) is 0.741. The van der Waals surface area contributed by atoms with Crippen molar-refractivity contribution in [2.75, 3.05) is 32.1 Å². The lowest BCUT2D eigenvalue weighted by atomic mass is 10.0. The summed E-state index contributed by atoms with van der Waals surface area (Å²) < 4.78 is 2.08. The average Bonchev–Trinajstić information content (AvgIpc) is 2.97. The van der Waals surface area contributed by atoms with Gasteiger partial charge in [0.05, 0.1) is 10.2 Å². The topological polar surface area (TPSA) is 36.4 Å². The van der Waals surface area contributed by atoms with Crippen LogP contribution in [0.3, 0.4) is 0 Å². The number of nitrogens with zero attached hydrogens (tertiary/aromatic N) is 3. The van der Waals surface area contributed by atoms with Crippen molar-refractivity contribution in [1.29, 1.82) is 0 Å². The second-order valence-corrected chi connectivity index (χ2v) is 8.61. The molecule has 0 saturated heterocycles. The number of hydrogen-bond acceptors (Lipinski definition) is 4. The van der Waals surface area contributed by atoms with Gasteiger partial charge in [-0.05, 0) is 57.8 Å². The van der Waals surface area contributed by atoms with Crippen LogP contribution in [0.1, 0.15) is 21.5 Å². The number of likely N-dealkylation sites (N-methyl/N-ethyl adjacent to an activating group) is 1. The van der Waals surface area contributed by atoms with Gasteiger partial charge >= 0.3 is 0 Å². The van der Waals surface area contributed by atoms with Gasteiger partial charge in [-0.15, -0.1) is 0 Å². The lowest BCUT2D eigenvalue weighted by molar-refractivity contribution is 0.0984. The van der Waals surface area contributed by atoms with Gasteiger partial charge in [-0.2, -0.15) is 0 Å². The zero-order valence-electron chi connectivity index (χ0n) is 15.4. The van der Waals surface area contributed by atoms with Gasteiger partial charge in [0.1, 0.15) is 0 Å². The van der Waals surface area contributed by atoms with Crippen molar-refractivity contribution in [2.24, 2.45) is 0 Å². The molecule has 0 radical (unpaired) electrons. The van der Waals surface area contributed by atoms with E-state index in [-0.39, 0.29) is 5.91 Å². The molecule has 0 unspecified atom stereocenters. The Balaban J connectivity index is 2.01. The van der Waals surface area contributed by atoms with Crippen LogP contribution in [0.25, 0.3) is 10.2 Å². The van der Waals surface area contributed by atoms with Crippen LogP contribution in [0.5, 0.6) is 0 Å². The maximum absolute atomic E-state index is 13.3. The number of fused-ring (bicyclic) bond motifs is 1. The highest BCUT2D eigenvalue weighted by molar-refractivity contribution is 9.10. The van der Waals surface area contributed by atoms with E-state index in [1.807, 2.05) is 64.3 Å². The van der Waals surface area contributed by atoms with E-state index in [0.29, 0.717) is 6.54 Å². The molecular formula is C20H22BrN3OS. The molecule has 1 amide bonds. The van der Waals surface area contributed by atoms with Crippen LogP contribution in [0.15, 0.2) is 40.9 Å². The molecule has 26 heavy (non-hydrogen) atoms. The summed E-state index contributed by atoms with van der Waals surface area (Å²) in [6.45, 7) is 5.40. The minimum absolute atomic E-state index is 0.00229. The Hall–Kier alpha value is -1.76. The Morgan fingerprint density at radius 2 is 1.88 bits per heavy atom. The molecule has 0 saturated carbocycles.